The van der Waals surface area contributed by atoms with Crippen LogP contribution in [-0.4, -0.2) is 27.7 Å². The Kier molecular flexibility index (Phi) is 5.69. The number of para-hydroxylation sites is 1. The number of carbonyl (C=O) groups is 1. The quantitative estimate of drug-likeness (QED) is 0.651. The highest BCUT2D eigenvalue weighted by atomic mass is 32.2. The third kappa shape index (κ3) is 4.59. The van der Waals surface area contributed by atoms with Crippen molar-refractivity contribution in [1.82, 2.24) is 15.3 Å². The van der Waals surface area contributed by atoms with Crippen LogP contribution < -0.4 is 5.32 Å². The van der Waals surface area contributed by atoms with Gasteiger partial charge in [-0.2, -0.15) is 13.2 Å². The summed E-state index contributed by atoms with van der Waals surface area (Å²) in [5.41, 5.74) is 0.207. The molecule has 1 heterocycles. The topological polar surface area (TPSA) is 54.9 Å². The molecule has 1 atom stereocenters. The lowest BCUT2D eigenvalue weighted by Gasteiger charge is -2.17. The molecule has 0 bridgehead atoms. The van der Waals surface area contributed by atoms with Crippen LogP contribution in [-0.2, 0) is 11.0 Å². The summed E-state index contributed by atoms with van der Waals surface area (Å²) >= 11 is 0.979. The van der Waals surface area contributed by atoms with Crippen LogP contribution in [0.4, 0.5) is 13.2 Å². The molecule has 0 aliphatic heterocycles. The minimum atomic E-state index is -4.63. The first-order valence-electron chi connectivity index (χ1n) is 7.44. The largest absolute Gasteiger partial charge is 0.451 e. The summed E-state index contributed by atoms with van der Waals surface area (Å²) in [6, 6.07) is 6.44. The first-order chi connectivity index (χ1) is 11.2. The number of nitrogens with zero attached hydrogens (tertiary/aromatic N) is 2. The lowest BCUT2D eigenvalue weighted by Crippen LogP contribution is -2.37. The van der Waals surface area contributed by atoms with E-state index in [-0.39, 0.29) is 34.2 Å². The van der Waals surface area contributed by atoms with Gasteiger partial charge in [-0.1, -0.05) is 43.8 Å². The fourth-order valence-corrected chi connectivity index (χ4v) is 2.71. The highest BCUT2D eigenvalue weighted by Crippen LogP contribution is 2.31. The molecule has 24 heavy (non-hydrogen) atoms. The van der Waals surface area contributed by atoms with Crippen LogP contribution >= 0.6 is 11.8 Å². The zero-order valence-electron chi connectivity index (χ0n) is 13.5. The van der Waals surface area contributed by atoms with Gasteiger partial charge in [0.05, 0.1) is 11.3 Å². The van der Waals surface area contributed by atoms with E-state index >= 15 is 0 Å². The Balaban J connectivity index is 2.23. The summed E-state index contributed by atoms with van der Waals surface area (Å²) in [6.45, 7) is 5.84. The van der Waals surface area contributed by atoms with E-state index in [0.717, 1.165) is 11.8 Å². The summed E-state index contributed by atoms with van der Waals surface area (Å²) in [5, 5.41) is 3.47. The van der Waals surface area contributed by atoms with Crippen molar-refractivity contribution in [3.8, 4) is 0 Å². The van der Waals surface area contributed by atoms with Crippen molar-refractivity contribution in [3.05, 3.63) is 30.1 Å². The fourth-order valence-electron chi connectivity index (χ4n) is 1.88. The van der Waals surface area contributed by atoms with Crippen LogP contribution in [0.25, 0.3) is 10.9 Å². The van der Waals surface area contributed by atoms with E-state index in [2.05, 4.69) is 15.3 Å². The van der Waals surface area contributed by atoms with Crippen molar-refractivity contribution in [2.24, 2.45) is 5.92 Å². The monoisotopic (exact) mass is 357 g/mol. The summed E-state index contributed by atoms with van der Waals surface area (Å²) in [4.78, 5) is 19.1. The normalized spacial score (nSPS) is 13.3. The maximum absolute atomic E-state index is 12.9. The molecule has 0 radical (unpaired) electrons. The Morgan fingerprint density at radius 2 is 1.88 bits per heavy atom. The third-order valence-corrected chi connectivity index (χ3v) is 4.54. The second-order valence-corrected chi connectivity index (χ2v) is 6.72. The van der Waals surface area contributed by atoms with Gasteiger partial charge in [0.2, 0.25) is 11.7 Å². The second-order valence-electron chi connectivity index (χ2n) is 5.76. The number of nitrogens with one attached hydrogen (secondary N) is 1. The minimum absolute atomic E-state index is 0.00460. The van der Waals surface area contributed by atoms with Crippen molar-refractivity contribution in [2.45, 2.75) is 38.0 Å². The molecule has 0 aliphatic rings. The first kappa shape index (κ1) is 18.5. The Labute approximate surface area is 142 Å². The molecule has 2 rings (SSSR count). The van der Waals surface area contributed by atoms with E-state index in [1.54, 1.807) is 18.2 Å². The van der Waals surface area contributed by atoms with Crippen molar-refractivity contribution in [1.29, 1.82) is 0 Å². The van der Waals surface area contributed by atoms with Crippen LogP contribution in [0.2, 0.25) is 0 Å². The Morgan fingerprint density at radius 1 is 1.21 bits per heavy atom. The smallest absolute Gasteiger partial charge is 0.353 e. The molecule has 0 saturated carbocycles. The molecule has 2 aromatic rings. The summed E-state index contributed by atoms with van der Waals surface area (Å²) < 4.78 is 38.8. The number of aromatic nitrogens is 2. The molecule has 1 aromatic carbocycles. The van der Waals surface area contributed by atoms with Gasteiger partial charge in [-0.25, -0.2) is 9.97 Å². The van der Waals surface area contributed by atoms with Gasteiger partial charge in [0.15, 0.2) is 0 Å². The maximum Gasteiger partial charge on any atom is 0.451 e. The van der Waals surface area contributed by atoms with Crippen LogP contribution in [0.5, 0.6) is 0 Å². The van der Waals surface area contributed by atoms with Gasteiger partial charge >= 0.3 is 6.18 Å². The molecular weight excluding hydrogens is 339 g/mol. The Bertz CT molecular complexity index is 734. The van der Waals surface area contributed by atoms with Crippen LogP contribution in [0.3, 0.4) is 0 Å². The first-order valence-corrected chi connectivity index (χ1v) is 8.43. The van der Waals surface area contributed by atoms with E-state index < -0.39 is 12.0 Å². The average molecular weight is 357 g/mol. The summed E-state index contributed by atoms with van der Waals surface area (Å²) in [6.07, 6.45) is -4.63. The van der Waals surface area contributed by atoms with Crippen LogP contribution in [0, 0.1) is 5.92 Å². The lowest BCUT2D eigenvalue weighted by atomic mass is 10.1. The SMILES string of the molecule is CC(C)[C@@H](C)NC(=O)CSc1nc(C(F)(F)F)nc2ccccc12. The molecule has 1 aromatic heterocycles. The standard InChI is InChI=1S/C16H18F3N3OS/c1-9(2)10(3)20-13(23)8-24-14-11-6-4-5-7-12(11)21-15(22-14)16(17,18)19/h4-7,9-10H,8H2,1-3H3,(H,20,23)/t10-/m1/s1. The molecular formula is C16H18F3N3OS. The molecule has 8 heteroatoms. The van der Waals surface area contributed by atoms with Crippen LogP contribution in [0.15, 0.2) is 29.3 Å². The number of benzene rings is 1. The van der Waals surface area contributed by atoms with E-state index in [1.807, 2.05) is 20.8 Å². The van der Waals surface area contributed by atoms with E-state index in [9.17, 15) is 18.0 Å². The Morgan fingerprint density at radius 3 is 2.50 bits per heavy atom. The van der Waals surface area contributed by atoms with Crippen molar-refractivity contribution < 1.29 is 18.0 Å². The molecule has 1 amide bonds. The molecule has 0 spiro atoms. The molecule has 130 valence electrons. The Hall–Kier alpha value is -1.83. The molecule has 0 aliphatic carbocycles. The number of fused-ring (bicyclic) bond motifs is 1. The number of carbonyl (C=O) groups excluding carboxylic acids is 1. The molecule has 4 nitrogen and oxygen atoms in total. The zero-order chi connectivity index (χ0) is 17.9. The summed E-state index contributed by atoms with van der Waals surface area (Å²) in [5.74, 6) is -1.16. The number of hydrogen-bond acceptors (Lipinski definition) is 4. The highest BCUT2D eigenvalue weighted by Gasteiger charge is 2.35. The summed E-state index contributed by atoms with van der Waals surface area (Å²) in [7, 11) is 0. The second kappa shape index (κ2) is 7.38. The van der Waals surface area contributed by atoms with Gasteiger partial charge in [-0.05, 0) is 18.9 Å². The molecule has 0 fully saturated rings. The van der Waals surface area contributed by atoms with Gasteiger partial charge in [-0.3, -0.25) is 4.79 Å². The maximum atomic E-state index is 12.9. The minimum Gasteiger partial charge on any atom is -0.353 e. The molecule has 0 unspecified atom stereocenters. The van der Waals surface area contributed by atoms with E-state index in [0.29, 0.717) is 5.39 Å². The number of rotatable bonds is 5. The van der Waals surface area contributed by atoms with Crippen molar-refractivity contribution in [2.75, 3.05) is 5.75 Å². The number of halogens is 3. The van der Waals surface area contributed by atoms with Crippen molar-refractivity contribution >= 4 is 28.6 Å². The van der Waals surface area contributed by atoms with E-state index in [4.69, 9.17) is 0 Å². The predicted octanol–water partition coefficient (Wildman–Crippen LogP) is 3.90. The fraction of sp³-hybridized carbons (Fsp3) is 0.438. The molecule has 0 saturated heterocycles. The number of alkyl halides is 3. The zero-order valence-corrected chi connectivity index (χ0v) is 14.3. The van der Waals surface area contributed by atoms with Crippen LogP contribution in [0.1, 0.15) is 26.6 Å². The number of hydrogen-bond donors (Lipinski definition) is 1. The lowest BCUT2D eigenvalue weighted by molar-refractivity contribution is -0.145. The van der Waals surface area contributed by atoms with E-state index in [1.165, 1.54) is 6.07 Å². The van der Waals surface area contributed by atoms with Gasteiger partial charge in [0.1, 0.15) is 5.03 Å². The van der Waals surface area contributed by atoms with Gasteiger partial charge in [-0.15, -0.1) is 0 Å². The highest BCUT2D eigenvalue weighted by molar-refractivity contribution is 8.00. The average Bonchev–Trinajstić information content (AvgIpc) is 2.51. The molecule has 1 N–H and O–H groups in total. The van der Waals surface area contributed by atoms with Gasteiger partial charge in [0.25, 0.3) is 0 Å². The van der Waals surface area contributed by atoms with Gasteiger partial charge in [0, 0.05) is 11.4 Å². The van der Waals surface area contributed by atoms with Crippen molar-refractivity contribution in [3.63, 3.8) is 0 Å². The number of thioether (sulfide) groups is 1. The third-order valence-electron chi connectivity index (χ3n) is 3.55. The van der Waals surface area contributed by atoms with Gasteiger partial charge < -0.3 is 5.32 Å². The predicted molar refractivity (Wildman–Crippen MR) is 87.7 cm³/mol. The number of amides is 1.